The maximum Gasteiger partial charge on any atom is 0.125 e. The maximum absolute atomic E-state index is 13.1. The van der Waals surface area contributed by atoms with E-state index >= 15 is 0 Å². The second kappa shape index (κ2) is 3.58. The molecule has 0 aliphatic carbocycles. The van der Waals surface area contributed by atoms with E-state index in [1.165, 1.54) is 5.56 Å². The minimum absolute atomic E-state index is 0.162. The van der Waals surface area contributed by atoms with Gasteiger partial charge in [0.1, 0.15) is 5.82 Å². The average Bonchev–Trinajstić information content (AvgIpc) is 2.16. The number of rotatable bonds is 1. The molecule has 0 saturated heterocycles. The Morgan fingerprint density at radius 2 is 2.29 bits per heavy atom. The second-order valence-electron chi connectivity index (χ2n) is 3.74. The SMILES string of the molecule is CNC1CCNc2cc(F)cc(C)c21. The molecule has 2 rings (SSSR count). The van der Waals surface area contributed by atoms with Gasteiger partial charge in [0.25, 0.3) is 0 Å². The zero-order valence-electron chi connectivity index (χ0n) is 8.52. The molecule has 0 radical (unpaired) electrons. The van der Waals surface area contributed by atoms with Gasteiger partial charge in [-0.1, -0.05) is 0 Å². The van der Waals surface area contributed by atoms with Crippen molar-refractivity contribution in [1.29, 1.82) is 0 Å². The molecule has 76 valence electrons. The highest BCUT2D eigenvalue weighted by atomic mass is 19.1. The summed E-state index contributed by atoms with van der Waals surface area (Å²) in [7, 11) is 1.95. The molecule has 1 heterocycles. The first-order valence-corrected chi connectivity index (χ1v) is 4.93. The fourth-order valence-electron chi connectivity index (χ4n) is 2.15. The van der Waals surface area contributed by atoms with Crippen molar-refractivity contribution in [1.82, 2.24) is 5.32 Å². The molecule has 1 aliphatic rings. The molecular weight excluding hydrogens is 179 g/mol. The summed E-state index contributed by atoms with van der Waals surface area (Å²) in [6, 6.07) is 3.52. The molecule has 1 unspecified atom stereocenters. The summed E-state index contributed by atoms with van der Waals surface area (Å²) >= 11 is 0. The summed E-state index contributed by atoms with van der Waals surface area (Å²) in [6.45, 7) is 2.86. The molecule has 14 heavy (non-hydrogen) atoms. The van der Waals surface area contributed by atoms with Crippen LogP contribution in [0.2, 0.25) is 0 Å². The van der Waals surface area contributed by atoms with Crippen LogP contribution in [0.5, 0.6) is 0 Å². The Kier molecular flexibility index (Phi) is 2.42. The number of nitrogens with one attached hydrogen (secondary N) is 2. The molecule has 1 aromatic carbocycles. The molecule has 1 aliphatic heterocycles. The fraction of sp³-hybridized carbons (Fsp3) is 0.455. The summed E-state index contributed by atoms with van der Waals surface area (Å²) in [6.07, 6.45) is 1.05. The molecular formula is C11H15FN2. The van der Waals surface area contributed by atoms with Gasteiger partial charge < -0.3 is 10.6 Å². The van der Waals surface area contributed by atoms with E-state index in [1.807, 2.05) is 14.0 Å². The maximum atomic E-state index is 13.1. The Hall–Kier alpha value is -1.09. The minimum atomic E-state index is -0.162. The zero-order valence-corrected chi connectivity index (χ0v) is 8.52. The van der Waals surface area contributed by atoms with Crippen molar-refractivity contribution in [3.63, 3.8) is 0 Å². The number of hydrogen-bond donors (Lipinski definition) is 2. The van der Waals surface area contributed by atoms with Gasteiger partial charge in [0.2, 0.25) is 0 Å². The first-order valence-electron chi connectivity index (χ1n) is 4.93. The van der Waals surface area contributed by atoms with Crippen LogP contribution in [0.25, 0.3) is 0 Å². The van der Waals surface area contributed by atoms with Gasteiger partial charge in [-0.05, 0) is 43.7 Å². The molecule has 0 bridgehead atoms. The van der Waals surface area contributed by atoms with Gasteiger partial charge in [0.05, 0.1) is 0 Å². The number of aryl methyl sites for hydroxylation is 1. The van der Waals surface area contributed by atoms with E-state index in [4.69, 9.17) is 0 Å². The smallest absolute Gasteiger partial charge is 0.125 e. The number of fused-ring (bicyclic) bond motifs is 1. The Morgan fingerprint density at radius 1 is 1.50 bits per heavy atom. The molecule has 1 aromatic rings. The largest absolute Gasteiger partial charge is 0.385 e. The molecule has 3 heteroatoms. The predicted octanol–water partition coefficient (Wildman–Crippen LogP) is 2.21. The van der Waals surface area contributed by atoms with Gasteiger partial charge in [0, 0.05) is 18.3 Å². The van der Waals surface area contributed by atoms with E-state index in [-0.39, 0.29) is 5.82 Å². The van der Waals surface area contributed by atoms with Gasteiger partial charge in [-0.15, -0.1) is 0 Å². The lowest BCUT2D eigenvalue weighted by Gasteiger charge is -2.28. The van der Waals surface area contributed by atoms with Crippen molar-refractivity contribution in [2.75, 3.05) is 18.9 Å². The average molecular weight is 194 g/mol. The van der Waals surface area contributed by atoms with Crippen molar-refractivity contribution in [2.45, 2.75) is 19.4 Å². The topological polar surface area (TPSA) is 24.1 Å². The van der Waals surface area contributed by atoms with Crippen LogP contribution in [0.3, 0.4) is 0 Å². The van der Waals surface area contributed by atoms with Crippen molar-refractivity contribution < 1.29 is 4.39 Å². The van der Waals surface area contributed by atoms with Crippen LogP contribution in [-0.4, -0.2) is 13.6 Å². The summed E-state index contributed by atoms with van der Waals surface area (Å²) in [5.74, 6) is -0.162. The summed E-state index contributed by atoms with van der Waals surface area (Å²) in [5.41, 5.74) is 3.17. The van der Waals surface area contributed by atoms with E-state index in [9.17, 15) is 4.39 Å². The zero-order chi connectivity index (χ0) is 10.1. The highest BCUT2D eigenvalue weighted by molar-refractivity contribution is 5.58. The number of anilines is 1. The summed E-state index contributed by atoms with van der Waals surface area (Å²) in [4.78, 5) is 0. The van der Waals surface area contributed by atoms with Gasteiger partial charge >= 0.3 is 0 Å². The van der Waals surface area contributed by atoms with E-state index in [1.54, 1.807) is 12.1 Å². The van der Waals surface area contributed by atoms with Crippen LogP contribution in [0, 0.1) is 12.7 Å². The van der Waals surface area contributed by atoms with Crippen molar-refractivity contribution in [2.24, 2.45) is 0 Å². The van der Waals surface area contributed by atoms with Crippen molar-refractivity contribution >= 4 is 5.69 Å². The third-order valence-corrected chi connectivity index (χ3v) is 2.80. The molecule has 1 atom stereocenters. The van der Waals surface area contributed by atoms with Crippen LogP contribution in [0.4, 0.5) is 10.1 Å². The van der Waals surface area contributed by atoms with Crippen molar-refractivity contribution in [3.05, 3.63) is 29.1 Å². The van der Waals surface area contributed by atoms with Gasteiger partial charge in [-0.25, -0.2) is 4.39 Å². The quantitative estimate of drug-likeness (QED) is 0.716. The van der Waals surface area contributed by atoms with E-state index < -0.39 is 0 Å². The monoisotopic (exact) mass is 194 g/mol. The highest BCUT2D eigenvalue weighted by Crippen LogP contribution is 2.32. The first-order chi connectivity index (χ1) is 6.72. The first kappa shape index (κ1) is 9.46. The lowest BCUT2D eigenvalue weighted by molar-refractivity contribution is 0.544. The second-order valence-corrected chi connectivity index (χ2v) is 3.74. The van der Waals surface area contributed by atoms with Gasteiger partial charge in [-0.3, -0.25) is 0 Å². The van der Waals surface area contributed by atoms with Crippen LogP contribution < -0.4 is 10.6 Å². The molecule has 2 N–H and O–H groups in total. The third-order valence-electron chi connectivity index (χ3n) is 2.80. The van der Waals surface area contributed by atoms with Crippen LogP contribution in [0.15, 0.2) is 12.1 Å². The normalized spacial score (nSPS) is 20.1. The third kappa shape index (κ3) is 1.48. The van der Waals surface area contributed by atoms with Crippen LogP contribution >= 0.6 is 0 Å². The Morgan fingerprint density at radius 3 is 3.00 bits per heavy atom. The summed E-state index contributed by atoms with van der Waals surface area (Å²) < 4.78 is 13.1. The van der Waals surface area contributed by atoms with Crippen LogP contribution in [0.1, 0.15) is 23.6 Å². The number of hydrogen-bond acceptors (Lipinski definition) is 2. The van der Waals surface area contributed by atoms with Crippen molar-refractivity contribution in [3.8, 4) is 0 Å². The van der Waals surface area contributed by atoms with Gasteiger partial charge in [-0.2, -0.15) is 0 Å². The summed E-state index contributed by atoms with van der Waals surface area (Å²) in [5, 5.41) is 6.49. The molecule has 2 nitrogen and oxygen atoms in total. The van der Waals surface area contributed by atoms with E-state index in [2.05, 4.69) is 10.6 Å². The van der Waals surface area contributed by atoms with Gasteiger partial charge in [0.15, 0.2) is 0 Å². The Bertz CT molecular complexity index is 349. The minimum Gasteiger partial charge on any atom is -0.385 e. The fourth-order valence-corrected chi connectivity index (χ4v) is 2.15. The standard InChI is InChI=1S/C11H15FN2/c1-7-5-8(12)6-10-11(7)9(13-2)3-4-14-10/h5-6,9,13-14H,3-4H2,1-2H3. The number of benzene rings is 1. The number of halogens is 1. The van der Waals surface area contributed by atoms with Crippen LogP contribution in [-0.2, 0) is 0 Å². The molecule has 0 fully saturated rings. The Labute approximate surface area is 83.5 Å². The molecule has 0 aromatic heterocycles. The lowest BCUT2D eigenvalue weighted by Crippen LogP contribution is -2.26. The molecule has 0 amide bonds. The molecule has 0 spiro atoms. The molecule has 0 saturated carbocycles. The lowest BCUT2D eigenvalue weighted by atomic mass is 9.93. The highest BCUT2D eigenvalue weighted by Gasteiger charge is 2.20. The van der Waals surface area contributed by atoms with E-state index in [0.29, 0.717) is 6.04 Å². The predicted molar refractivity (Wildman–Crippen MR) is 56.0 cm³/mol. The Balaban J connectivity index is 2.51. The van der Waals surface area contributed by atoms with E-state index in [0.717, 1.165) is 24.2 Å².